The summed E-state index contributed by atoms with van der Waals surface area (Å²) in [6.07, 6.45) is 2.37. The summed E-state index contributed by atoms with van der Waals surface area (Å²) in [6, 6.07) is 0. The van der Waals surface area contributed by atoms with Gasteiger partial charge in [-0.2, -0.15) is 0 Å². The molecule has 5 heteroatoms. The molecule has 1 fully saturated rings. The second-order valence-corrected chi connectivity index (χ2v) is 4.05. The number of carbonyl (C=O) groups excluding carboxylic acids is 1. The summed E-state index contributed by atoms with van der Waals surface area (Å²) in [4.78, 5) is 22.2. The molecule has 0 aromatic rings. The van der Waals surface area contributed by atoms with Crippen molar-refractivity contribution in [3.05, 3.63) is 0 Å². The molecule has 1 aliphatic rings. The zero-order valence-corrected chi connectivity index (χ0v) is 9.48. The topological polar surface area (TPSA) is 72.8 Å². The number of methoxy groups -OCH3 is 1. The minimum absolute atomic E-state index is 0.132. The Balaban J connectivity index is 2.25. The molecule has 16 heavy (non-hydrogen) atoms. The fourth-order valence-electron chi connectivity index (χ4n) is 1.92. The van der Waals surface area contributed by atoms with Crippen LogP contribution in [0.3, 0.4) is 0 Å². The number of carboxylic acid groups (broad SMARTS) is 1. The molecule has 0 amide bonds. The molecule has 1 rings (SSSR count). The van der Waals surface area contributed by atoms with Crippen LogP contribution < -0.4 is 0 Å². The number of esters is 1. The van der Waals surface area contributed by atoms with Gasteiger partial charge >= 0.3 is 11.9 Å². The van der Waals surface area contributed by atoms with E-state index in [1.54, 1.807) is 7.11 Å². The van der Waals surface area contributed by atoms with Crippen LogP contribution in [0, 0.1) is 11.8 Å². The molecular weight excluding hydrogens is 212 g/mol. The molecule has 0 aromatic heterocycles. The highest BCUT2D eigenvalue weighted by molar-refractivity contribution is 5.74. The van der Waals surface area contributed by atoms with Crippen molar-refractivity contribution in [1.29, 1.82) is 0 Å². The number of ether oxygens (including phenoxy) is 2. The van der Waals surface area contributed by atoms with E-state index < -0.39 is 5.97 Å². The van der Waals surface area contributed by atoms with Crippen LogP contribution in [0.5, 0.6) is 0 Å². The van der Waals surface area contributed by atoms with Gasteiger partial charge in [0.1, 0.15) is 6.61 Å². The van der Waals surface area contributed by atoms with Gasteiger partial charge in [-0.25, -0.2) is 0 Å². The second kappa shape index (κ2) is 6.48. The minimum atomic E-state index is -0.758. The molecule has 0 unspecified atom stereocenters. The van der Waals surface area contributed by atoms with E-state index in [1.807, 2.05) is 0 Å². The van der Waals surface area contributed by atoms with Crippen LogP contribution in [0.25, 0.3) is 0 Å². The highest BCUT2D eigenvalue weighted by atomic mass is 16.6. The van der Waals surface area contributed by atoms with Crippen molar-refractivity contribution < 1.29 is 24.2 Å². The van der Waals surface area contributed by atoms with Gasteiger partial charge in [-0.15, -0.1) is 0 Å². The predicted octanol–water partition coefficient (Wildman–Crippen LogP) is 1.07. The average Bonchev–Trinajstić information content (AvgIpc) is 2.29. The maximum atomic E-state index is 11.5. The number of rotatable bonds is 5. The predicted molar refractivity (Wildman–Crippen MR) is 55.9 cm³/mol. The number of hydrogen-bond donors (Lipinski definition) is 1. The Morgan fingerprint density at radius 3 is 2.19 bits per heavy atom. The first kappa shape index (κ1) is 13.0. The summed E-state index contributed by atoms with van der Waals surface area (Å²) < 4.78 is 9.78. The molecule has 0 radical (unpaired) electrons. The Bertz CT molecular complexity index is 243. The molecule has 0 aromatic carbocycles. The van der Waals surface area contributed by atoms with Crippen molar-refractivity contribution in [1.82, 2.24) is 0 Å². The Kier molecular flexibility index (Phi) is 5.25. The minimum Gasteiger partial charge on any atom is -0.481 e. The summed E-state index contributed by atoms with van der Waals surface area (Å²) in [6.45, 7) is 0.671. The van der Waals surface area contributed by atoms with Gasteiger partial charge in [0.2, 0.25) is 0 Å². The Hall–Kier alpha value is -1.10. The fraction of sp³-hybridized carbons (Fsp3) is 0.818. The van der Waals surface area contributed by atoms with Crippen LogP contribution in [-0.4, -0.2) is 37.4 Å². The van der Waals surface area contributed by atoms with Crippen molar-refractivity contribution in [2.45, 2.75) is 25.7 Å². The highest BCUT2D eigenvalue weighted by Gasteiger charge is 2.30. The number of carbonyl (C=O) groups is 2. The molecule has 1 N–H and O–H groups in total. The van der Waals surface area contributed by atoms with Crippen molar-refractivity contribution in [2.24, 2.45) is 11.8 Å². The quantitative estimate of drug-likeness (QED) is 0.565. The zero-order chi connectivity index (χ0) is 12.0. The molecule has 1 saturated carbocycles. The van der Waals surface area contributed by atoms with Gasteiger partial charge < -0.3 is 14.6 Å². The van der Waals surface area contributed by atoms with Gasteiger partial charge in [-0.05, 0) is 25.7 Å². The Morgan fingerprint density at radius 1 is 1.12 bits per heavy atom. The number of aliphatic carboxylic acids is 1. The zero-order valence-electron chi connectivity index (χ0n) is 9.48. The molecule has 0 bridgehead atoms. The van der Waals surface area contributed by atoms with E-state index in [1.165, 1.54) is 0 Å². The maximum absolute atomic E-state index is 11.5. The Morgan fingerprint density at radius 2 is 1.69 bits per heavy atom. The summed E-state index contributed by atoms with van der Waals surface area (Å²) >= 11 is 0. The van der Waals surface area contributed by atoms with E-state index in [0.717, 1.165) is 0 Å². The van der Waals surface area contributed by atoms with Crippen molar-refractivity contribution >= 4 is 11.9 Å². The summed E-state index contributed by atoms with van der Waals surface area (Å²) in [5.41, 5.74) is 0. The van der Waals surface area contributed by atoms with E-state index in [9.17, 15) is 9.59 Å². The SMILES string of the molecule is COCCOC(=O)C1CCC(C(=O)O)CC1. The van der Waals surface area contributed by atoms with Crippen LogP contribution in [0.15, 0.2) is 0 Å². The highest BCUT2D eigenvalue weighted by Crippen LogP contribution is 2.29. The third-order valence-corrected chi connectivity index (χ3v) is 2.94. The molecule has 0 saturated heterocycles. The van der Waals surface area contributed by atoms with Crippen LogP contribution in [-0.2, 0) is 19.1 Å². The van der Waals surface area contributed by atoms with Crippen LogP contribution in [0.2, 0.25) is 0 Å². The lowest BCUT2D eigenvalue weighted by Gasteiger charge is -2.24. The van der Waals surface area contributed by atoms with Crippen molar-refractivity contribution in [2.75, 3.05) is 20.3 Å². The maximum Gasteiger partial charge on any atom is 0.309 e. The molecule has 0 aliphatic heterocycles. The lowest BCUT2D eigenvalue weighted by molar-refractivity contribution is -0.153. The van der Waals surface area contributed by atoms with Crippen molar-refractivity contribution in [3.63, 3.8) is 0 Å². The smallest absolute Gasteiger partial charge is 0.309 e. The van der Waals surface area contributed by atoms with Crippen LogP contribution in [0.4, 0.5) is 0 Å². The van der Waals surface area contributed by atoms with Gasteiger partial charge in [0.05, 0.1) is 18.4 Å². The summed E-state index contributed by atoms with van der Waals surface area (Å²) in [5, 5.41) is 8.80. The molecule has 0 heterocycles. The first-order chi connectivity index (χ1) is 7.65. The second-order valence-electron chi connectivity index (χ2n) is 4.05. The number of hydrogen-bond acceptors (Lipinski definition) is 4. The average molecular weight is 230 g/mol. The third kappa shape index (κ3) is 3.81. The lowest BCUT2D eigenvalue weighted by Crippen LogP contribution is -2.27. The monoisotopic (exact) mass is 230 g/mol. The van der Waals surface area contributed by atoms with Gasteiger partial charge in [-0.3, -0.25) is 9.59 Å². The van der Waals surface area contributed by atoms with E-state index in [4.69, 9.17) is 14.6 Å². The van der Waals surface area contributed by atoms with Gasteiger partial charge in [0.25, 0.3) is 0 Å². The summed E-state index contributed by atoms with van der Waals surface area (Å²) in [5.74, 6) is -1.40. The largest absolute Gasteiger partial charge is 0.481 e. The van der Waals surface area contributed by atoms with Crippen LogP contribution in [0.1, 0.15) is 25.7 Å². The van der Waals surface area contributed by atoms with E-state index in [-0.39, 0.29) is 24.4 Å². The van der Waals surface area contributed by atoms with Gasteiger partial charge in [0, 0.05) is 7.11 Å². The van der Waals surface area contributed by atoms with Gasteiger partial charge in [-0.1, -0.05) is 0 Å². The normalized spacial score (nSPS) is 25.1. The molecule has 1 aliphatic carbocycles. The third-order valence-electron chi connectivity index (χ3n) is 2.94. The molecule has 5 nitrogen and oxygen atoms in total. The van der Waals surface area contributed by atoms with Gasteiger partial charge in [0.15, 0.2) is 0 Å². The molecule has 92 valence electrons. The van der Waals surface area contributed by atoms with Crippen LogP contribution >= 0.6 is 0 Å². The number of carboxylic acids is 1. The first-order valence-corrected chi connectivity index (χ1v) is 5.53. The van der Waals surface area contributed by atoms with E-state index in [0.29, 0.717) is 32.3 Å². The first-order valence-electron chi connectivity index (χ1n) is 5.53. The standard InChI is InChI=1S/C11H18O5/c1-15-6-7-16-11(14)9-4-2-8(3-5-9)10(12)13/h8-9H,2-7H2,1H3,(H,12,13). The van der Waals surface area contributed by atoms with E-state index in [2.05, 4.69) is 0 Å². The lowest BCUT2D eigenvalue weighted by atomic mass is 9.82. The molecule has 0 spiro atoms. The Labute approximate surface area is 94.7 Å². The van der Waals surface area contributed by atoms with Crippen molar-refractivity contribution in [3.8, 4) is 0 Å². The fourth-order valence-corrected chi connectivity index (χ4v) is 1.92. The molecule has 0 atom stereocenters. The van der Waals surface area contributed by atoms with E-state index >= 15 is 0 Å². The molecular formula is C11H18O5. The summed E-state index contributed by atoms with van der Waals surface area (Å²) in [7, 11) is 1.55.